The Labute approximate surface area is 120 Å². The minimum absolute atomic E-state index is 0.00646. The molecule has 19 heavy (non-hydrogen) atoms. The molecule has 0 N–H and O–H groups in total. The van der Waals surface area contributed by atoms with Gasteiger partial charge in [-0.2, -0.15) is 0 Å². The first-order valence-corrected chi connectivity index (χ1v) is 7.04. The van der Waals surface area contributed by atoms with E-state index >= 15 is 0 Å². The number of halogens is 1. The third kappa shape index (κ3) is 3.53. The fraction of sp³-hybridized carbons (Fsp3) is 0.462. The predicted octanol–water partition coefficient (Wildman–Crippen LogP) is 1.42. The summed E-state index contributed by atoms with van der Waals surface area (Å²) in [5, 5.41) is 0. The van der Waals surface area contributed by atoms with Crippen molar-refractivity contribution in [2.24, 2.45) is 0 Å². The number of carbonyl (C=O) groups is 2. The summed E-state index contributed by atoms with van der Waals surface area (Å²) in [5.41, 5.74) is 0.916. The zero-order chi connectivity index (χ0) is 13.8. The molecule has 1 saturated heterocycles. The summed E-state index contributed by atoms with van der Waals surface area (Å²) in [6.45, 7) is 3.42. The van der Waals surface area contributed by atoms with Gasteiger partial charge in [-0.25, -0.2) is 0 Å². The van der Waals surface area contributed by atoms with Gasteiger partial charge in [-0.3, -0.25) is 14.6 Å². The van der Waals surface area contributed by atoms with Gasteiger partial charge in [0.2, 0.25) is 11.8 Å². The normalized spacial score (nSPS) is 16.1. The van der Waals surface area contributed by atoms with Gasteiger partial charge >= 0.3 is 0 Å². The van der Waals surface area contributed by atoms with Crippen molar-refractivity contribution in [3.63, 3.8) is 0 Å². The summed E-state index contributed by atoms with van der Waals surface area (Å²) >= 11 is 3.34. The van der Waals surface area contributed by atoms with E-state index in [2.05, 4.69) is 20.9 Å². The van der Waals surface area contributed by atoms with E-state index in [0.717, 1.165) is 16.5 Å². The van der Waals surface area contributed by atoms with Crippen LogP contribution in [0.15, 0.2) is 22.9 Å². The first-order valence-electron chi connectivity index (χ1n) is 6.25. The molecule has 2 rings (SSSR count). The summed E-state index contributed by atoms with van der Waals surface area (Å²) in [6, 6.07) is 1.91. The number of carbonyl (C=O) groups excluding carboxylic acids is 2. The summed E-state index contributed by atoms with van der Waals surface area (Å²) in [4.78, 5) is 31.2. The fourth-order valence-electron chi connectivity index (χ4n) is 2.08. The first-order chi connectivity index (χ1) is 9.10. The lowest BCUT2D eigenvalue weighted by Gasteiger charge is -2.33. The molecule has 0 radical (unpaired) electrons. The predicted molar refractivity (Wildman–Crippen MR) is 74.2 cm³/mol. The molecule has 102 valence electrons. The first kappa shape index (κ1) is 14.0. The molecule has 1 aliphatic rings. The Morgan fingerprint density at radius 2 is 1.89 bits per heavy atom. The van der Waals surface area contributed by atoms with E-state index in [-0.39, 0.29) is 24.9 Å². The maximum absolute atomic E-state index is 12.0. The van der Waals surface area contributed by atoms with E-state index < -0.39 is 0 Å². The standard InChI is InChI=1S/C13H16BrN3O2/c1-2-3-16-8-13(19)17(9-12(16)18)7-10-4-11(14)6-15-5-10/h4-6H,2-3,7-9H2,1H3. The molecule has 1 aliphatic heterocycles. The van der Waals surface area contributed by atoms with Crippen molar-refractivity contribution < 1.29 is 9.59 Å². The maximum Gasteiger partial charge on any atom is 0.242 e. The SMILES string of the molecule is CCCN1CC(=O)N(Cc2cncc(Br)c2)CC1=O. The Balaban J connectivity index is 2.02. The number of pyridine rings is 1. The molecule has 2 amide bonds. The van der Waals surface area contributed by atoms with Crippen LogP contribution in [0.1, 0.15) is 18.9 Å². The number of nitrogens with zero attached hydrogens (tertiary/aromatic N) is 3. The highest BCUT2D eigenvalue weighted by molar-refractivity contribution is 9.10. The maximum atomic E-state index is 12.0. The zero-order valence-corrected chi connectivity index (χ0v) is 12.4. The molecule has 1 fully saturated rings. The number of hydrogen-bond acceptors (Lipinski definition) is 3. The van der Waals surface area contributed by atoms with Crippen LogP contribution in [-0.4, -0.2) is 46.2 Å². The van der Waals surface area contributed by atoms with Crippen LogP contribution < -0.4 is 0 Å². The Morgan fingerprint density at radius 1 is 1.21 bits per heavy atom. The lowest BCUT2D eigenvalue weighted by molar-refractivity contribution is -0.150. The number of piperazine rings is 1. The van der Waals surface area contributed by atoms with Gasteiger partial charge < -0.3 is 9.80 Å². The number of amides is 2. The van der Waals surface area contributed by atoms with Crippen molar-refractivity contribution in [2.45, 2.75) is 19.9 Å². The molecule has 1 aromatic rings. The van der Waals surface area contributed by atoms with Crippen LogP contribution in [0.4, 0.5) is 0 Å². The molecule has 0 atom stereocenters. The minimum Gasteiger partial charge on any atom is -0.332 e. The second-order valence-corrected chi connectivity index (χ2v) is 5.49. The van der Waals surface area contributed by atoms with Gasteiger partial charge in [0, 0.05) is 30.0 Å². The summed E-state index contributed by atoms with van der Waals surface area (Å²) < 4.78 is 0.869. The molecular weight excluding hydrogens is 310 g/mol. The van der Waals surface area contributed by atoms with Crippen molar-refractivity contribution >= 4 is 27.7 Å². The Bertz CT molecular complexity index is 493. The average molecular weight is 326 g/mol. The molecule has 0 unspecified atom stereocenters. The Morgan fingerprint density at radius 3 is 2.58 bits per heavy atom. The lowest BCUT2D eigenvalue weighted by Crippen LogP contribution is -2.53. The second-order valence-electron chi connectivity index (χ2n) is 4.58. The third-order valence-corrected chi connectivity index (χ3v) is 3.42. The van der Waals surface area contributed by atoms with Crippen LogP contribution in [0, 0.1) is 0 Å². The Kier molecular flexibility index (Phi) is 4.52. The van der Waals surface area contributed by atoms with E-state index in [4.69, 9.17) is 0 Å². The van der Waals surface area contributed by atoms with Gasteiger partial charge in [0.25, 0.3) is 0 Å². The number of hydrogen-bond donors (Lipinski definition) is 0. The van der Waals surface area contributed by atoms with Gasteiger partial charge in [0.1, 0.15) is 6.54 Å². The zero-order valence-electron chi connectivity index (χ0n) is 10.8. The highest BCUT2D eigenvalue weighted by Gasteiger charge is 2.29. The largest absolute Gasteiger partial charge is 0.332 e. The smallest absolute Gasteiger partial charge is 0.242 e. The van der Waals surface area contributed by atoms with Crippen molar-refractivity contribution in [3.8, 4) is 0 Å². The summed E-state index contributed by atoms with van der Waals surface area (Å²) in [6.07, 6.45) is 4.27. The second kappa shape index (κ2) is 6.14. The molecule has 0 saturated carbocycles. The summed E-state index contributed by atoms with van der Waals surface area (Å²) in [7, 11) is 0. The average Bonchev–Trinajstić information content (AvgIpc) is 2.36. The van der Waals surface area contributed by atoms with E-state index in [1.165, 1.54) is 0 Å². The highest BCUT2D eigenvalue weighted by Crippen LogP contribution is 2.14. The lowest BCUT2D eigenvalue weighted by atomic mass is 10.2. The van der Waals surface area contributed by atoms with Gasteiger partial charge in [0.15, 0.2) is 0 Å². The topological polar surface area (TPSA) is 53.5 Å². The number of aromatic nitrogens is 1. The van der Waals surface area contributed by atoms with Crippen LogP contribution in [-0.2, 0) is 16.1 Å². The van der Waals surface area contributed by atoms with Crippen molar-refractivity contribution in [1.29, 1.82) is 0 Å². The van der Waals surface area contributed by atoms with Gasteiger partial charge in [-0.05, 0) is 34.0 Å². The molecule has 1 aromatic heterocycles. The fourth-order valence-corrected chi connectivity index (χ4v) is 2.50. The van der Waals surface area contributed by atoms with E-state index in [9.17, 15) is 9.59 Å². The molecule has 6 heteroatoms. The molecule has 0 spiro atoms. The molecule has 5 nitrogen and oxygen atoms in total. The van der Waals surface area contributed by atoms with E-state index in [1.54, 1.807) is 22.2 Å². The molecule has 0 aliphatic carbocycles. The van der Waals surface area contributed by atoms with Crippen LogP contribution in [0.5, 0.6) is 0 Å². The molecule has 2 heterocycles. The quantitative estimate of drug-likeness (QED) is 0.841. The van der Waals surface area contributed by atoms with Crippen LogP contribution in [0.25, 0.3) is 0 Å². The highest BCUT2D eigenvalue weighted by atomic mass is 79.9. The monoisotopic (exact) mass is 325 g/mol. The van der Waals surface area contributed by atoms with E-state index in [1.807, 2.05) is 13.0 Å². The summed E-state index contributed by atoms with van der Waals surface area (Å²) in [5.74, 6) is 0.0115. The molecule has 0 bridgehead atoms. The Hall–Kier alpha value is -1.43. The molecular formula is C13H16BrN3O2. The van der Waals surface area contributed by atoms with Gasteiger partial charge in [-0.1, -0.05) is 6.92 Å². The van der Waals surface area contributed by atoms with Crippen molar-refractivity contribution in [1.82, 2.24) is 14.8 Å². The third-order valence-electron chi connectivity index (χ3n) is 2.99. The van der Waals surface area contributed by atoms with E-state index in [0.29, 0.717) is 13.1 Å². The van der Waals surface area contributed by atoms with Gasteiger partial charge in [0.05, 0.1) is 6.54 Å². The molecule has 0 aromatic carbocycles. The van der Waals surface area contributed by atoms with Crippen molar-refractivity contribution in [3.05, 3.63) is 28.5 Å². The van der Waals surface area contributed by atoms with Crippen LogP contribution in [0.3, 0.4) is 0 Å². The minimum atomic E-state index is -0.00646. The van der Waals surface area contributed by atoms with Crippen LogP contribution >= 0.6 is 15.9 Å². The van der Waals surface area contributed by atoms with Gasteiger partial charge in [-0.15, -0.1) is 0 Å². The number of rotatable bonds is 4. The van der Waals surface area contributed by atoms with Crippen LogP contribution in [0.2, 0.25) is 0 Å². The van der Waals surface area contributed by atoms with Crippen molar-refractivity contribution in [2.75, 3.05) is 19.6 Å².